The van der Waals surface area contributed by atoms with Crippen LogP contribution in [0.25, 0.3) is 6.08 Å². The number of nitrogens with zero attached hydrogens (tertiary/aromatic N) is 3. The van der Waals surface area contributed by atoms with E-state index in [9.17, 15) is 18.5 Å². The maximum Gasteiger partial charge on any atom is 0.268 e. The van der Waals surface area contributed by atoms with E-state index >= 15 is 0 Å². The van der Waals surface area contributed by atoms with Crippen LogP contribution < -0.4 is 14.8 Å². The Morgan fingerprint density at radius 1 is 1.15 bits per heavy atom. The first-order valence-electron chi connectivity index (χ1n) is 10.1. The number of sulfone groups is 1. The Kier molecular flexibility index (Phi) is 7.99. The molecule has 0 saturated carbocycles. The quantitative estimate of drug-likeness (QED) is 0.269. The number of amides is 1. The first kappa shape index (κ1) is 24.9. The Morgan fingerprint density at radius 2 is 1.85 bits per heavy atom. The van der Waals surface area contributed by atoms with Crippen LogP contribution in [0.2, 0.25) is 0 Å². The lowest BCUT2D eigenvalue weighted by molar-refractivity contribution is -0.112. The number of carbonyl (C=O) groups is 1. The van der Waals surface area contributed by atoms with Crippen LogP contribution >= 0.6 is 11.5 Å². The SMILES string of the molecule is Cc1ccc(C)c(OCCOc2ccc(/C=C(/C#N)C(=O)Nc3nc(S(C)(=O)=O)ns3)cc2)c1. The molecule has 0 radical (unpaired) electrons. The predicted molar refractivity (Wildman–Crippen MR) is 129 cm³/mol. The highest BCUT2D eigenvalue weighted by atomic mass is 32.2. The molecule has 1 amide bonds. The summed E-state index contributed by atoms with van der Waals surface area (Å²) in [5, 5.41) is 11.3. The molecule has 0 aliphatic rings. The molecule has 11 heteroatoms. The zero-order chi connectivity index (χ0) is 24.7. The first-order chi connectivity index (χ1) is 16.2. The molecule has 3 aromatic rings. The number of rotatable bonds is 9. The van der Waals surface area contributed by atoms with E-state index in [1.54, 1.807) is 24.3 Å². The van der Waals surface area contributed by atoms with Crippen molar-refractivity contribution in [2.24, 2.45) is 0 Å². The summed E-state index contributed by atoms with van der Waals surface area (Å²) in [6, 6.07) is 14.7. The summed E-state index contributed by atoms with van der Waals surface area (Å²) >= 11 is 0.715. The fraction of sp³-hybridized carbons (Fsp3) is 0.217. The van der Waals surface area contributed by atoms with Crippen molar-refractivity contribution in [3.05, 3.63) is 64.7 Å². The number of hydrogen-bond acceptors (Lipinski definition) is 9. The van der Waals surface area contributed by atoms with E-state index in [0.717, 1.165) is 23.1 Å². The van der Waals surface area contributed by atoms with Gasteiger partial charge >= 0.3 is 0 Å². The maximum atomic E-state index is 12.4. The normalized spacial score (nSPS) is 11.5. The molecule has 0 unspecified atom stereocenters. The van der Waals surface area contributed by atoms with Gasteiger partial charge in [0.1, 0.15) is 36.4 Å². The van der Waals surface area contributed by atoms with Gasteiger partial charge in [0.05, 0.1) is 0 Å². The Hall–Kier alpha value is -3.75. The Labute approximate surface area is 201 Å². The Balaban J connectivity index is 1.55. The number of nitrogens with one attached hydrogen (secondary N) is 1. The van der Waals surface area contributed by atoms with Crippen LogP contribution in [0.1, 0.15) is 16.7 Å². The lowest BCUT2D eigenvalue weighted by Gasteiger charge is -2.11. The third-order valence-corrected chi connectivity index (χ3v) is 6.06. The summed E-state index contributed by atoms with van der Waals surface area (Å²) in [5.74, 6) is 0.724. The van der Waals surface area contributed by atoms with E-state index in [4.69, 9.17) is 9.47 Å². The summed E-state index contributed by atoms with van der Waals surface area (Å²) < 4.78 is 38.0. The molecule has 0 aliphatic carbocycles. The highest BCUT2D eigenvalue weighted by molar-refractivity contribution is 7.90. The molecule has 34 heavy (non-hydrogen) atoms. The van der Waals surface area contributed by atoms with E-state index in [-0.39, 0.29) is 15.9 Å². The molecule has 0 bridgehead atoms. The first-order valence-corrected chi connectivity index (χ1v) is 12.7. The molecule has 0 atom stereocenters. The molecule has 0 fully saturated rings. The topological polar surface area (TPSA) is 131 Å². The van der Waals surface area contributed by atoms with Crippen molar-refractivity contribution in [1.82, 2.24) is 9.36 Å². The zero-order valence-electron chi connectivity index (χ0n) is 18.7. The Bertz CT molecular complexity index is 1360. The van der Waals surface area contributed by atoms with Gasteiger partial charge in [-0.1, -0.05) is 24.3 Å². The van der Waals surface area contributed by atoms with E-state index < -0.39 is 15.7 Å². The number of carbonyl (C=O) groups excluding carboxylic acids is 1. The zero-order valence-corrected chi connectivity index (χ0v) is 20.4. The molecule has 9 nitrogen and oxygen atoms in total. The summed E-state index contributed by atoms with van der Waals surface area (Å²) in [6.45, 7) is 4.73. The highest BCUT2D eigenvalue weighted by Crippen LogP contribution is 2.20. The van der Waals surface area contributed by atoms with Gasteiger partial charge in [-0.15, -0.1) is 0 Å². The van der Waals surface area contributed by atoms with Crippen LogP contribution in [0.4, 0.5) is 5.13 Å². The lowest BCUT2D eigenvalue weighted by Crippen LogP contribution is -2.13. The number of benzene rings is 2. The van der Waals surface area contributed by atoms with E-state index in [1.165, 1.54) is 6.08 Å². The van der Waals surface area contributed by atoms with Gasteiger partial charge in [-0.05, 0) is 54.8 Å². The number of aromatic nitrogens is 2. The van der Waals surface area contributed by atoms with Crippen molar-refractivity contribution < 1.29 is 22.7 Å². The van der Waals surface area contributed by atoms with Gasteiger partial charge in [0.2, 0.25) is 15.0 Å². The van der Waals surface area contributed by atoms with Crippen LogP contribution in [0, 0.1) is 25.2 Å². The van der Waals surface area contributed by atoms with Crippen molar-refractivity contribution in [1.29, 1.82) is 5.26 Å². The van der Waals surface area contributed by atoms with Gasteiger partial charge in [-0.3, -0.25) is 10.1 Å². The second kappa shape index (κ2) is 10.9. The second-order valence-corrected chi connectivity index (χ2v) is 9.97. The third kappa shape index (κ3) is 6.87. The molecule has 1 N–H and O–H groups in total. The fourth-order valence-corrected chi connectivity index (χ4v) is 4.16. The van der Waals surface area contributed by atoms with Gasteiger partial charge in [-0.2, -0.15) is 14.6 Å². The molecule has 0 spiro atoms. The molecule has 0 saturated heterocycles. The number of nitriles is 1. The smallest absolute Gasteiger partial charge is 0.268 e. The number of hydrogen-bond donors (Lipinski definition) is 1. The molecule has 1 heterocycles. The molecule has 2 aromatic carbocycles. The van der Waals surface area contributed by atoms with Crippen LogP contribution in [0.3, 0.4) is 0 Å². The molecule has 176 valence electrons. The summed E-state index contributed by atoms with van der Waals surface area (Å²) in [4.78, 5) is 16.1. The van der Waals surface area contributed by atoms with Crippen LogP contribution in [0.15, 0.2) is 53.2 Å². The van der Waals surface area contributed by atoms with Crippen molar-refractivity contribution in [3.8, 4) is 17.6 Å². The van der Waals surface area contributed by atoms with E-state index in [0.29, 0.717) is 36.1 Å². The van der Waals surface area contributed by atoms with Gasteiger partial charge < -0.3 is 9.47 Å². The summed E-state index contributed by atoms with van der Waals surface area (Å²) in [5.41, 5.74) is 2.62. The van der Waals surface area contributed by atoms with Gasteiger partial charge in [-0.25, -0.2) is 8.42 Å². The van der Waals surface area contributed by atoms with Crippen LogP contribution in [-0.2, 0) is 14.6 Å². The van der Waals surface area contributed by atoms with Crippen LogP contribution in [0.5, 0.6) is 11.5 Å². The molecule has 3 rings (SSSR count). The standard InChI is InChI=1S/C23H22N4O5S2/c1-15-4-5-16(2)20(12-15)32-11-10-31-19-8-6-17(7-9-19)13-18(14-24)21(28)25-22-26-23(27-33-22)34(3,29)30/h4-9,12-13H,10-11H2,1-3H3,(H,25,26,27,28)/b18-13-. The minimum Gasteiger partial charge on any atom is -0.490 e. The minimum absolute atomic E-state index is 0.0154. The fourth-order valence-electron chi connectivity index (χ4n) is 2.73. The van der Waals surface area contributed by atoms with E-state index in [1.807, 2.05) is 38.1 Å². The van der Waals surface area contributed by atoms with Crippen LogP contribution in [-0.4, -0.2) is 43.2 Å². The van der Waals surface area contributed by atoms with Gasteiger partial charge in [0.15, 0.2) is 0 Å². The maximum absolute atomic E-state index is 12.4. The van der Waals surface area contributed by atoms with Crippen molar-refractivity contribution >= 4 is 38.5 Å². The lowest BCUT2D eigenvalue weighted by atomic mass is 10.1. The average molecular weight is 499 g/mol. The second-order valence-electron chi connectivity index (χ2n) is 7.31. The molecule has 1 aromatic heterocycles. The number of aryl methyl sites for hydroxylation is 2. The Morgan fingerprint density at radius 3 is 2.50 bits per heavy atom. The summed E-state index contributed by atoms with van der Waals surface area (Å²) in [7, 11) is -3.59. The molecular formula is C23H22N4O5S2. The van der Waals surface area contributed by atoms with Crippen molar-refractivity contribution in [2.75, 3.05) is 24.8 Å². The molecular weight excluding hydrogens is 476 g/mol. The average Bonchev–Trinajstić information content (AvgIpc) is 3.27. The predicted octanol–water partition coefficient (Wildman–Crippen LogP) is 3.56. The van der Waals surface area contributed by atoms with Crippen molar-refractivity contribution in [2.45, 2.75) is 19.0 Å². The minimum atomic E-state index is -3.59. The largest absolute Gasteiger partial charge is 0.490 e. The number of ether oxygens (including phenoxy) is 2. The third-order valence-electron chi connectivity index (χ3n) is 4.47. The monoisotopic (exact) mass is 498 g/mol. The van der Waals surface area contributed by atoms with Gasteiger partial charge in [0.25, 0.3) is 11.1 Å². The van der Waals surface area contributed by atoms with E-state index in [2.05, 4.69) is 14.7 Å². The highest BCUT2D eigenvalue weighted by Gasteiger charge is 2.17. The van der Waals surface area contributed by atoms with Gasteiger partial charge in [0, 0.05) is 17.8 Å². The van der Waals surface area contributed by atoms with Crippen molar-refractivity contribution in [3.63, 3.8) is 0 Å². The molecule has 0 aliphatic heterocycles. The number of anilines is 1. The summed E-state index contributed by atoms with van der Waals surface area (Å²) in [6.07, 6.45) is 2.37.